The first-order valence-corrected chi connectivity index (χ1v) is 11.8. The number of ether oxygens (including phenoxy) is 1. The molecule has 1 fully saturated rings. The third kappa shape index (κ3) is 6.07. The van der Waals surface area contributed by atoms with E-state index in [0.717, 1.165) is 11.1 Å². The minimum Gasteiger partial charge on any atom is -0.489 e. The molecule has 0 unspecified atom stereocenters. The smallest absolute Gasteiger partial charge is 0.335 e. The number of thioether (sulfide) groups is 1. The Morgan fingerprint density at radius 2 is 1.89 bits per heavy atom. The van der Waals surface area contributed by atoms with Crippen LogP contribution < -0.4 is 4.74 Å². The van der Waals surface area contributed by atoms with Gasteiger partial charge in [-0.15, -0.1) is 6.58 Å². The molecule has 0 aromatic heterocycles. The van der Waals surface area contributed by atoms with Crippen LogP contribution in [0.4, 0.5) is 5.69 Å². The molecule has 0 spiro atoms. The molecule has 3 aromatic carbocycles. The van der Waals surface area contributed by atoms with Gasteiger partial charge in [0.05, 0.1) is 16.2 Å². The van der Waals surface area contributed by atoms with E-state index in [2.05, 4.69) is 23.7 Å². The Labute approximate surface area is 208 Å². The van der Waals surface area contributed by atoms with Gasteiger partial charge in [0.1, 0.15) is 12.4 Å². The number of carbonyl (C=O) groups is 2. The number of hydrogen-bond acceptors (Lipinski definition) is 5. The predicted molar refractivity (Wildman–Crippen MR) is 140 cm³/mol. The zero-order valence-electron chi connectivity index (χ0n) is 19.2. The van der Waals surface area contributed by atoms with Crippen LogP contribution in [-0.2, 0) is 11.4 Å². The molecule has 1 aliphatic rings. The maximum Gasteiger partial charge on any atom is 0.335 e. The summed E-state index contributed by atoms with van der Waals surface area (Å²) >= 11 is 1.24. The van der Waals surface area contributed by atoms with Crippen LogP contribution in [0, 0.1) is 6.92 Å². The molecule has 0 bridgehead atoms. The molecule has 4 rings (SSSR count). The zero-order chi connectivity index (χ0) is 24.8. The Balaban J connectivity index is 1.55. The number of benzene rings is 3. The number of carboxylic acids is 1. The number of amides is 1. The topological polar surface area (TPSA) is 79.2 Å². The highest BCUT2D eigenvalue weighted by Crippen LogP contribution is 2.34. The number of nitrogens with zero attached hydrogens (tertiary/aromatic N) is 2. The number of carboxylic acid groups (broad SMARTS) is 1. The van der Waals surface area contributed by atoms with Crippen LogP contribution in [0.15, 0.2) is 95.3 Å². The quantitative estimate of drug-likeness (QED) is 0.310. The zero-order valence-corrected chi connectivity index (χ0v) is 20.0. The van der Waals surface area contributed by atoms with Crippen LogP contribution in [0.1, 0.15) is 27.0 Å². The van der Waals surface area contributed by atoms with Crippen molar-refractivity contribution < 1.29 is 19.4 Å². The fraction of sp³-hybridized carbons (Fsp3) is 0.107. The van der Waals surface area contributed by atoms with E-state index in [0.29, 0.717) is 34.7 Å². The first-order valence-electron chi connectivity index (χ1n) is 11.0. The maximum atomic E-state index is 13.1. The molecule has 3 aromatic rings. The van der Waals surface area contributed by atoms with Crippen LogP contribution in [-0.4, -0.2) is 33.6 Å². The summed E-state index contributed by atoms with van der Waals surface area (Å²) in [6, 6.07) is 22.0. The largest absolute Gasteiger partial charge is 0.489 e. The van der Waals surface area contributed by atoms with E-state index >= 15 is 0 Å². The molecule has 1 amide bonds. The van der Waals surface area contributed by atoms with Gasteiger partial charge in [0, 0.05) is 6.54 Å². The summed E-state index contributed by atoms with van der Waals surface area (Å²) in [5.41, 5.74) is 3.70. The molecule has 0 saturated carbocycles. The van der Waals surface area contributed by atoms with Crippen molar-refractivity contribution in [3.05, 3.63) is 113 Å². The molecule has 0 atom stereocenters. The number of rotatable bonds is 8. The summed E-state index contributed by atoms with van der Waals surface area (Å²) in [6.45, 7) is 6.53. The van der Waals surface area contributed by atoms with Gasteiger partial charge in [0.25, 0.3) is 5.91 Å². The van der Waals surface area contributed by atoms with Gasteiger partial charge in [0.2, 0.25) is 0 Å². The highest BCUT2D eigenvalue weighted by molar-refractivity contribution is 8.18. The van der Waals surface area contributed by atoms with Crippen molar-refractivity contribution >= 4 is 40.6 Å². The lowest BCUT2D eigenvalue weighted by molar-refractivity contribution is -0.121. The highest BCUT2D eigenvalue weighted by atomic mass is 32.2. The second-order valence-corrected chi connectivity index (χ2v) is 8.92. The van der Waals surface area contributed by atoms with Crippen molar-refractivity contribution in [2.45, 2.75) is 13.5 Å². The molecule has 1 N–H and O–H groups in total. The Hall–Kier alpha value is -4.10. The normalized spacial score (nSPS) is 15.6. The molecule has 1 aliphatic heterocycles. The maximum absolute atomic E-state index is 13.1. The van der Waals surface area contributed by atoms with E-state index in [-0.39, 0.29) is 11.5 Å². The summed E-state index contributed by atoms with van der Waals surface area (Å²) in [7, 11) is 0. The fourth-order valence-electron chi connectivity index (χ4n) is 3.40. The van der Waals surface area contributed by atoms with E-state index < -0.39 is 5.97 Å². The van der Waals surface area contributed by atoms with E-state index in [1.54, 1.807) is 24.3 Å². The molecule has 1 saturated heterocycles. The number of aromatic carboxylic acids is 1. The SMILES string of the molecule is C=CCN1C(=O)/C(=C/c2cccc(OCc3ccc(C)cc3)c2)SC1=Nc1cccc(C(=O)O)c1. The second-order valence-electron chi connectivity index (χ2n) is 7.91. The summed E-state index contributed by atoms with van der Waals surface area (Å²) in [5.74, 6) is -0.512. The summed E-state index contributed by atoms with van der Waals surface area (Å²) in [4.78, 5) is 30.9. The first kappa shape index (κ1) is 24.0. The Bertz CT molecular complexity index is 1330. The molecule has 35 heavy (non-hydrogen) atoms. The van der Waals surface area contributed by atoms with E-state index in [1.165, 1.54) is 34.4 Å². The van der Waals surface area contributed by atoms with Crippen LogP contribution >= 0.6 is 11.8 Å². The lowest BCUT2D eigenvalue weighted by Crippen LogP contribution is -2.29. The van der Waals surface area contributed by atoms with Crippen LogP contribution in [0.2, 0.25) is 0 Å². The van der Waals surface area contributed by atoms with Crippen molar-refractivity contribution in [3.63, 3.8) is 0 Å². The first-order chi connectivity index (χ1) is 16.9. The van der Waals surface area contributed by atoms with Crippen molar-refractivity contribution in [2.24, 2.45) is 4.99 Å². The summed E-state index contributed by atoms with van der Waals surface area (Å²) in [5, 5.41) is 9.71. The minimum absolute atomic E-state index is 0.134. The van der Waals surface area contributed by atoms with Crippen molar-refractivity contribution in [1.82, 2.24) is 4.90 Å². The molecule has 0 aliphatic carbocycles. The molecular weight excluding hydrogens is 460 g/mol. The van der Waals surface area contributed by atoms with Gasteiger partial charge in [-0.2, -0.15) is 0 Å². The van der Waals surface area contributed by atoms with Gasteiger partial charge < -0.3 is 9.84 Å². The fourth-order valence-corrected chi connectivity index (χ4v) is 4.40. The second kappa shape index (κ2) is 10.9. The van der Waals surface area contributed by atoms with Gasteiger partial charge in [0.15, 0.2) is 5.17 Å². The molecule has 6 nitrogen and oxygen atoms in total. The standard InChI is InChI=1S/C28H24N2O4S/c1-3-14-30-26(31)25(35-28(30)29-23-8-5-7-22(17-23)27(32)33)16-21-6-4-9-24(15-21)34-18-20-12-10-19(2)11-13-20/h3-13,15-17H,1,14,18H2,2H3,(H,32,33)/b25-16-,29-28?. The lowest BCUT2D eigenvalue weighted by atomic mass is 10.1. The van der Waals surface area contributed by atoms with Gasteiger partial charge in [-0.25, -0.2) is 9.79 Å². The van der Waals surface area contributed by atoms with E-state index in [9.17, 15) is 14.7 Å². The average Bonchev–Trinajstić information content (AvgIpc) is 3.13. The van der Waals surface area contributed by atoms with E-state index in [4.69, 9.17) is 4.74 Å². The third-order valence-electron chi connectivity index (χ3n) is 5.20. The van der Waals surface area contributed by atoms with Crippen molar-refractivity contribution in [3.8, 4) is 5.75 Å². The molecule has 7 heteroatoms. The number of hydrogen-bond donors (Lipinski definition) is 1. The van der Waals surface area contributed by atoms with Crippen LogP contribution in [0.5, 0.6) is 5.75 Å². The van der Waals surface area contributed by atoms with Gasteiger partial charge in [-0.05, 0) is 66.2 Å². The van der Waals surface area contributed by atoms with Crippen molar-refractivity contribution in [1.29, 1.82) is 0 Å². The predicted octanol–water partition coefficient (Wildman–Crippen LogP) is 6.06. The molecule has 176 valence electrons. The number of aliphatic imine (C=N–C) groups is 1. The summed E-state index contributed by atoms with van der Waals surface area (Å²) in [6.07, 6.45) is 3.43. The van der Waals surface area contributed by atoms with Crippen molar-refractivity contribution in [2.75, 3.05) is 6.54 Å². The van der Waals surface area contributed by atoms with Gasteiger partial charge in [-0.3, -0.25) is 9.69 Å². The monoisotopic (exact) mass is 484 g/mol. The Morgan fingerprint density at radius 1 is 1.11 bits per heavy atom. The third-order valence-corrected chi connectivity index (χ3v) is 6.21. The lowest BCUT2D eigenvalue weighted by Gasteiger charge is -2.12. The van der Waals surface area contributed by atoms with Gasteiger partial charge in [-0.1, -0.05) is 54.1 Å². The van der Waals surface area contributed by atoms with Gasteiger partial charge >= 0.3 is 5.97 Å². The molecule has 0 radical (unpaired) electrons. The average molecular weight is 485 g/mol. The minimum atomic E-state index is -1.03. The molecule has 1 heterocycles. The Kier molecular flexibility index (Phi) is 7.48. The number of carbonyl (C=O) groups excluding carboxylic acids is 1. The highest BCUT2D eigenvalue weighted by Gasteiger charge is 2.32. The molecular formula is C28H24N2O4S. The Morgan fingerprint density at radius 3 is 2.63 bits per heavy atom. The van der Waals surface area contributed by atoms with E-state index in [1.807, 2.05) is 43.3 Å². The summed E-state index contributed by atoms with van der Waals surface area (Å²) < 4.78 is 5.94. The number of aryl methyl sites for hydroxylation is 1. The number of amidine groups is 1. The van der Waals surface area contributed by atoms with Crippen LogP contribution in [0.3, 0.4) is 0 Å². The van der Waals surface area contributed by atoms with Crippen LogP contribution in [0.25, 0.3) is 6.08 Å².